The van der Waals surface area contributed by atoms with Gasteiger partial charge in [-0.2, -0.15) is 0 Å². The van der Waals surface area contributed by atoms with Crippen LogP contribution in [0, 0.1) is 6.92 Å². The van der Waals surface area contributed by atoms with E-state index in [1.54, 1.807) is 7.11 Å². The Balaban J connectivity index is 2.47. The minimum atomic E-state index is 0.507. The maximum Gasteiger partial charge on any atom is 0.161 e. The predicted octanol–water partition coefficient (Wildman–Crippen LogP) is 4.08. The van der Waals surface area contributed by atoms with E-state index in [4.69, 9.17) is 21.1 Å². The predicted molar refractivity (Wildman–Crippen MR) is 84.3 cm³/mol. The number of nitrogens with zero attached hydrogens (tertiary/aromatic N) is 2. The van der Waals surface area contributed by atoms with E-state index in [0.717, 1.165) is 23.2 Å². The van der Waals surface area contributed by atoms with Crippen molar-refractivity contribution in [1.29, 1.82) is 0 Å². The number of methoxy groups -OCH3 is 1. The van der Waals surface area contributed by atoms with Crippen molar-refractivity contribution in [2.75, 3.05) is 13.7 Å². The Morgan fingerprint density at radius 2 is 1.90 bits per heavy atom. The molecule has 0 aliphatic carbocycles. The van der Waals surface area contributed by atoms with Crippen LogP contribution in [0.1, 0.15) is 25.1 Å². The highest BCUT2D eigenvalue weighted by Crippen LogP contribution is 2.32. The van der Waals surface area contributed by atoms with Crippen molar-refractivity contribution in [3.63, 3.8) is 0 Å². The molecular formula is C16H19ClN2O2. The van der Waals surface area contributed by atoms with E-state index in [9.17, 15) is 0 Å². The maximum atomic E-state index is 6.23. The summed E-state index contributed by atoms with van der Waals surface area (Å²) >= 11 is 6.23. The van der Waals surface area contributed by atoms with Crippen LogP contribution in [0.4, 0.5) is 0 Å². The number of rotatable bonds is 5. The van der Waals surface area contributed by atoms with Crippen LogP contribution in [0.3, 0.4) is 0 Å². The Hall–Kier alpha value is -1.81. The Morgan fingerprint density at radius 1 is 1.14 bits per heavy atom. The van der Waals surface area contributed by atoms with Crippen LogP contribution in [-0.4, -0.2) is 23.7 Å². The van der Waals surface area contributed by atoms with Crippen LogP contribution < -0.4 is 9.47 Å². The molecule has 0 aliphatic rings. The lowest BCUT2D eigenvalue weighted by Crippen LogP contribution is -2.00. The number of aromatic nitrogens is 2. The second-order valence-electron chi connectivity index (χ2n) is 4.55. The first-order valence-electron chi connectivity index (χ1n) is 6.94. The van der Waals surface area contributed by atoms with Gasteiger partial charge in [0.25, 0.3) is 0 Å². The second kappa shape index (κ2) is 6.76. The molecule has 0 amide bonds. The summed E-state index contributed by atoms with van der Waals surface area (Å²) in [5.41, 5.74) is 2.74. The summed E-state index contributed by atoms with van der Waals surface area (Å²) in [6.45, 7) is 6.50. The van der Waals surface area contributed by atoms with Crippen molar-refractivity contribution in [2.24, 2.45) is 0 Å². The van der Waals surface area contributed by atoms with Gasteiger partial charge in [0.1, 0.15) is 5.15 Å². The van der Waals surface area contributed by atoms with Crippen LogP contribution in [0.25, 0.3) is 11.4 Å². The zero-order chi connectivity index (χ0) is 15.4. The molecule has 0 saturated carbocycles. The average molecular weight is 307 g/mol. The zero-order valence-electron chi connectivity index (χ0n) is 12.7. The average Bonchev–Trinajstić information content (AvgIpc) is 2.47. The topological polar surface area (TPSA) is 44.2 Å². The summed E-state index contributed by atoms with van der Waals surface area (Å²) in [7, 11) is 1.61. The van der Waals surface area contributed by atoms with Gasteiger partial charge in [0, 0.05) is 16.8 Å². The number of halogens is 1. The summed E-state index contributed by atoms with van der Waals surface area (Å²) in [5, 5.41) is 0.507. The van der Waals surface area contributed by atoms with Gasteiger partial charge >= 0.3 is 0 Å². The Labute approximate surface area is 130 Å². The molecule has 21 heavy (non-hydrogen) atoms. The summed E-state index contributed by atoms with van der Waals surface area (Å²) in [5.74, 6) is 1.96. The van der Waals surface area contributed by atoms with Gasteiger partial charge in [0.05, 0.1) is 13.7 Å². The molecule has 1 aromatic heterocycles. The van der Waals surface area contributed by atoms with Gasteiger partial charge in [-0.1, -0.05) is 18.5 Å². The molecule has 2 rings (SSSR count). The third kappa shape index (κ3) is 3.27. The van der Waals surface area contributed by atoms with Crippen molar-refractivity contribution in [2.45, 2.75) is 27.2 Å². The molecule has 4 nitrogen and oxygen atoms in total. The van der Waals surface area contributed by atoms with Gasteiger partial charge in [0.15, 0.2) is 17.3 Å². The molecule has 0 fully saturated rings. The molecule has 0 bridgehead atoms. The molecule has 1 aromatic carbocycles. The van der Waals surface area contributed by atoms with Crippen molar-refractivity contribution in [3.8, 4) is 22.9 Å². The molecule has 2 aromatic rings. The lowest BCUT2D eigenvalue weighted by molar-refractivity contribution is 0.311. The van der Waals surface area contributed by atoms with Crippen LogP contribution in [0.15, 0.2) is 18.2 Å². The summed E-state index contributed by atoms with van der Waals surface area (Å²) < 4.78 is 10.9. The lowest BCUT2D eigenvalue weighted by atomic mass is 10.1. The Bertz CT molecular complexity index is 621. The molecule has 0 aliphatic heterocycles. The van der Waals surface area contributed by atoms with Crippen LogP contribution >= 0.6 is 11.6 Å². The highest BCUT2D eigenvalue weighted by Gasteiger charge is 2.12. The molecule has 0 saturated heterocycles. The third-order valence-electron chi connectivity index (χ3n) is 3.24. The molecule has 0 N–H and O–H groups in total. The van der Waals surface area contributed by atoms with Crippen LogP contribution in [-0.2, 0) is 6.42 Å². The molecule has 0 unspecified atom stereocenters. The monoisotopic (exact) mass is 306 g/mol. The minimum Gasteiger partial charge on any atom is -0.493 e. The fourth-order valence-corrected chi connectivity index (χ4v) is 2.52. The summed E-state index contributed by atoms with van der Waals surface area (Å²) in [6.07, 6.45) is 0.817. The first kappa shape index (κ1) is 15.6. The highest BCUT2D eigenvalue weighted by molar-refractivity contribution is 6.30. The molecule has 112 valence electrons. The molecule has 0 radical (unpaired) electrons. The van der Waals surface area contributed by atoms with E-state index in [2.05, 4.69) is 9.97 Å². The van der Waals surface area contributed by atoms with Gasteiger partial charge in [-0.3, -0.25) is 0 Å². The number of hydrogen-bond acceptors (Lipinski definition) is 4. The summed E-state index contributed by atoms with van der Waals surface area (Å²) in [4.78, 5) is 8.92. The molecular weight excluding hydrogens is 288 g/mol. The molecule has 0 spiro atoms. The van der Waals surface area contributed by atoms with E-state index in [1.165, 1.54) is 0 Å². The highest BCUT2D eigenvalue weighted by atomic mass is 35.5. The van der Waals surface area contributed by atoms with Crippen LogP contribution in [0.5, 0.6) is 11.5 Å². The Kier molecular flexibility index (Phi) is 5.02. The van der Waals surface area contributed by atoms with Crippen molar-refractivity contribution < 1.29 is 9.47 Å². The number of hydrogen-bond donors (Lipinski definition) is 0. The SMILES string of the molecule is CCOc1ccc(-c2nc(C)c(CC)c(Cl)n2)cc1OC. The number of ether oxygens (including phenoxy) is 2. The van der Waals surface area contributed by atoms with Gasteiger partial charge in [-0.25, -0.2) is 9.97 Å². The lowest BCUT2D eigenvalue weighted by Gasteiger charge is -2.12. The van der Waals surface area contributed by atoms with Gasteiger partial charge < -0.3 is 9.47 Å². The zero-order valence-corrected chi connectivity index (χ0v) is 13.5. The van der Waals surface area contributed by atoms with Crippen molar-refractivity contribution >= 4 is 11.6 Å². The fourth-order valence-electron chi connectivity index (χ4n) is 2.17. The normalized spacial score (nSPS) is 10.5. The van der Waals surface area contributed by atoms with Crippen molar-refractivity contribution in [3.05, 3.63) is 34.6 Å². The van der Waals surface area contributed by atoms with E-state index in [1.807, 2.05) is 39.0 Å². The van der Waals surface area contributed by atoms with E-state index >= 15 is 0 Å². The van der Waals surface area contributed by atoms with E-state index in [-0.39, 0.29) is 0 Å². The number of aryl methyl sites for hydroxylation is 1. The van der Waals surface area contributed by atoms with Crippen molar-refractivity contribution in [1.82, 2.24) is 9.97 Å². The van der Waals surface area contributed by atoms with Gasteiger partial charge in [-0.05, 0) is 38.5 Å². The van der Waals surface area contributed by atoms with Crippen LogP contribution in [0.2, 0.25) is 5.15 Å². The Morgan fingerprint density at radius 3 is 2.48 bits per heavy atom. The minimum absolute atomic E-state index is 0.507. The van der Waals surface area contributed by atoms with E-state index in [0.29, 0.717) is 29.1 Å². The van der Waals surface area contributed by atoms with Gasteiger partial charge in [0.2, 0.25) is 0 Å². The van der Waals surface area contributed by atoms with Gasteiger partial charge in [-0.15, -0.1) is 0 Å². The smallest absolute Gasteiger partial charge is 0.161 e. The molecule has 0 atom stereocenters. The molecule has 5 heteroatoms. The summed E-state index contributed by atoms with van der Waals surface area (Å²) in [6, 6.07) is 5.63. The number of benzene rings is 1. The second-order valence-corrected chi connectivity index (χ2v) is 4.91. The maximum absolute atomic E-state index is 6.23. The standard InChI is InChI=1S/C16H19ClN2O2/c1-5-12-10(3)18-16(19-15(12)17)11-7-8-13(21-6-2)14(9-11)20-4/h7-9H,5-6H2,1-4H3. The first-order chi connectivity index (χ1) is 10.1. The largest absolute Gasteiger partial charge is 0.493 e. The first-order valence-corrected chi connectivity index (χ1v) is 7.32. The quantitative estimate of drug-likeness (QED) is 0.781. The molecule has 1 heterocycles. The third-order valence-corrected chi connectivity index (χ3v) is 3.55. The van der Waals surface area contributed by atoms with E-state index < -0.39 is 0 Å². The fraction of sp³-hybridized carbons (Fsp3) is 0.375.